The van der Waals surface area contributed by atoms with Crippen LogP contribution in [0.4, 0.5) is 0 Å². The average Bonchev–Trinajstić information content (AvgIpc) is 3.23. The fourth-order valence-corrected chi connectivity index (χ4v) is 8.35. The maximum Gasteiger partial charge on any atom is 0.135 e. The number of fused-ring (bicyclic) bond motifs is 2. The molecule has 0 bridgehead atoms. The fraction of sp³-hybridized carbons (Fsp3) is 0. The first-order valence-electron chi connectivity index (χ1n) is 17.7. The lowest BCUT2D eigenvalue weighted by atomic mass is 9.86. The third kappa shape index (κ3) is 4.48. The van der Waals surface area contributed by atoms with Crippen LogP contribution in [-0.4, -0.2) is 9.97 Å². The Bertz CT molecular complexity index is 3090. The van der Waals surface area contributed by atoms with Crippen molar-refractivity contribution < 1.29 is 4.74 Å². The number of nitrogens with zero attached hydrogens (tertiary/aromatic N) is 3. The molecule has 0 spiro atoms. The molecule has 4 heteroatoms. The van der Waals surface area contributed by atoms with Gasteiger partial charge in [-0.15, -0.1) is 0 Å². The van der Waals surface area contributed by atoms with Gasteiger partial charge in [0.05, 0.1) is 23.0 Å². The van der Waals surface area contributed by atoms with Gasteiger partial charge >= 0.3 is 0 Å². The number of pyridine rings is 2. The van der Waals surface area contributed by atoms with E-state index in [2.05, 4.69) is 103 Å². The summed E-state index contributed by atoms with van der Waals surface area (Å²) in [5, 5.41) is 19.0. The number of ether oxygens (including phenoxy) is 1. The lowest BCUT2D eigenvalue weighted by molar-refractivity contribution is 0.487. The van der Waals surface area contributed by atoms with Gasteiger partial charge in [0.2, 0.25) is 0 Å². The fourth-order valence-electron chi connectivity index (χ4n) is 8.35. The molecule has 10 aromatic rings. The van der Waals surface area contributed by atoms with E-state index in [1.165, 1.54) is 37.9 Å². The molecule has 0 saturated carbocycles. The number of hydrogen-bond acceptors (Lipinski definition) is 4. The average molecular weight is 674 g/mol. The minimum absolute atomic E-state index is 0.653. The van der Waals surface area contributed by atoms with Crippen molar-refractivity contribution in [2.24, 2.45) is 0 Å². The van der Waals surface area contributed by atoms with Crippen LogP contribution in [0.3, 0.4) is 0 Å². The monoisotopic (exact) mass is 673 g/mol. The largest absolute Gasteiger partial charge is 0.456 e. The topological polar surface area (TPSA) is 58.8 Å². The van der Waals surface area contributed by atoms with Gasteiger partial charge in [0.1, 0.15) is 11.5 Å². The third-order valence-electron chi connectivity index (χ3n) is 10.8. The molecule has 53 heavy (non-hydrogen) atoms. The first kappa shape index (κ1) is 29.4. The third-order valence-corrected chi connectivity index (χ3v) is 10.8. The molecule has 0 atom stereocenters. The Labute approximate surface area is 305 Å². The van der Waals surface area contributed by atoms with Crippen LogP contribution in [0.25, 0.3) is 99.0 Å². The Morgan fingerprint density at radius 2 is 1.02 bits per heavy atom. The molecular formula is C49H27N3O. The van der Waals surface area contributed by atoms with Crippen molar-refractivity contribution in [3.63, 3.8) is 0 Å². The quantitative estimate of drug-likeness (QED) is 0.174. The van der Waals surface area contributed by atoms with Gasteiger partial charge in [-0.3, -0.25) is 9.97 Å². The second-order valence-electron chi connectivity index (χ2n) is 13.6. The predicted octanol–water partition coefficient (Wildman–Crippen LogP) is 12.8. The van der Waals surface area contributed by atoms with Gasteiger partial charge in [-0.05, 0) is 127 Å². The number of benzene rings is 8. The van der Waals surface area contributed by atoms with Crippen LogP contribution in [0.2, 0.25) is 0 Å². The Morgan fingerprint density at radius 1 is 0.415 bits per heavy atom. The lowest BCUT2D eigenvalue weighted by Gasteiger charge is -2.23. The van der Waals surface area contributed by atoms with Crippen LogP contribution >= 0.6 is 0 Å². The van der Waals surface area contributed by atoms with E-state index in [0.29, 0.717) is 5.56 Å². The van der Waals surface area contributed by atoms with Crippen LogP contribution in [-0.2, 0) is 0 Å². The maximum absolute atomic E-state index is 9.74. The molecule has 4 nitrogen and oxygen atoms in total. The summed E-state index contributed by atoms with van der Waals surface area (Å²) in [4.78, 5) is 9.40. The summed E-state index contributed by atoms with van der Waals surface area (Å²) >= 11 is 0. The highest BCUT2D eigenvalue weighted by Gasteiger charge is 2.23. The van der Waals surface area contributed by atoms with Gasteiger partial charge in [0.25, 0.3) is 0 Å². The van der Waals surface area contributed by atoms with Gasteiger partial charge in [0, 0.05) is 39.9 Å². The number of nitriles is 1. The maximum atomic E-state index is 9.74. The van der Waals surface area contributed by atoms with Crippen LogP contribution in [0, 0.1) is 11.3 Å². The summed E-state index contributed by atoms with van der Waals surface area (Å²) in [7, 11) is 0. The Kier molecular flexibility index (Phi) is 6.28. The minimum Gasteiger partial charge on any atom is -0.456 e. The van der Waals surface area contributed by atoms with E-state index in [0.717, 1.165) is 72.6 Å². The van der Waals surface area contributed by atoms with Crippen molar-refractivity contribution in [3.05, 3.63) is 170 Å². The molecule has 11 rings (SSSR count). The highest BCUT2D eigenvalue weighted by molar-refractivity contribution is 6.27. The van der Waals surface area contributed by atoms with E-state index in [-0.39, 0.29) is 0 Å². The van der Waals surface area contributed by atoms with Gasteiger partial charge in [0.15, 0.2) is 0 Å². The Balaban J connectivity index is 1.09. The standard InChI is InChI=1S/C49H27N3O/c50-28-32-15-21-42-39-18-14-31(27-46(39)53-45-9-5-6-38(32)49(42)45)36-16-10-29-13-20-41-37(17-11-30-12-19-40(36)47(29)48(30)41)33-24-34(43-7-1-3-22-51-43)26-35(25-33)44-8-2-4-23-52-44/h1-27H. The minimum atomic E-state index is 0.653. The molecule has 0 radical (unpaired) electrons. The molecule has 0 saturated heterocycles. The molecule has 1 aliphatic heterocycles. The first-order chi connectivity index (χ1) is 26.2. The van der Waals surface area contributed by atoms with Crippen molar-refractivity contribution in [2.45, 2.75) is 0 Å². The van der Waals surface area contributed by atoms with Gasteiger partial charge < -0.3 is 4.74 Å². The summed E-state index contributed by atoms with van der Waals surface area (Å²) < 4.78 is 6.57. The number of aromatic nitrogens is 2. The van der Waals surface area contributed by atoms with E-state index in [1.54, 1.807) is 0 Å². The second kappa shape index (κ2) is 11.3. The molecule has 2 aromatic heterocycles. The zero-order valence-electron chi connectivity index (χ0n) is 28.3. The van der Waals surface area contributed by atoms with Gasteiger partial charge in [-0.1, -0.05) is 84.9 Å². The van der Waals surface area contributed by atoms with Crippen LogP contribution in [0.15, 0.2) is 164 Å². The smallest absolute Gasteiger partial charge is 0.135 e. The van der Waals surface area contributed by atoms with Gasteiger partial charge in [-0.2, -0.15) is 5.26 Å². The molecule has 0 N–H and O–H groups in total. The van der Waals surface area contributed by atoms with Crippen LogP contribution < -0.4 is 4.74 Å². The Morgan fingerprint density at radius 3 is 1.66 bits per heavy atom. The molecule has 1 aliphatic rings. The van der Waals surface area contributed by atoms with E-state index in [9.17, 15) is 5.26 Å². The second-order valence-corrected chi connectivity index (χ2v) is 13.6. The normalized spacial score (nSPS) is 11.9. The van der Waals surface area contributed by atoms with Crippen molar-refractivity contribution in [2.75, 3.05) is 0 Å². The number of rotatable bonds is 4. The van der Waals surface area contributed by atoms with E-state index >= 15 is 0 Å². The molecule has 0 aliphatic carbocycles. The highest BCUT2D eigenvalue weighted by atomic mass is 16.5. The highest BCUT2D eigenvalue weighted by Crippen LogP contribution is 2.49. The zero-order chi connectivity index (χ0) is 35.0. The van der Waals surface area contributed by atoms with E-state index in [1.807, 2.05) is 67.0 Å². The predicted molar refractivity (Wildman–Crippen MR) is 215 cm³/mol. The van der Waals surface area contributed by atoms with E-state index in [4.69, 9.17) is 14.7 Å². The molecular weight excluding hydrogens is 647 g/mol. The number of hydrogen-bond donors (Lipinski definition) is 0. The van der Waals surface area contributed by atoms with Crippen LogP contribution in [0.5, 0.6) is 11.5 Å². The summed E-state index contributed by atoms with van der Waals surface area (Å²) in [5.41, 5.74) is 11.3. The lowest BCUT2D eigenvalue weighted by Crippen LogP contribution is -1.98. The molecule has 0 unspecified atom stereocenters. The molecule has 3 heterocycles. The summed E-state index contributed by atoms with van der Waals surface area (Å²) in [6.45, 7) is 0. The molecule has 8 aromatic carbocycles. The van der Waals surface area contributed by atoms with Gasteiger partial charge in [-0.25, -0.2) is 0 Å². The Hall–Kier alpha value is -7.35. The molecule has 244 valence electrons. The summed E-state index contributed by atoms with van der Waals surface area (Å²) in [5.74, 6) is 1.59. The first-order valence-corrected chi connectivity index (χ1v) is 17.7. The van der Waals surface area contributed by atoms with Crippen molar-refractivity contribution >= 4 is 43.1 Å². The van der Waals surface area contributed by atoms with E-state index < -0.39 is 0 Å². The van der Waals surface area contributed by atoms with Crippen molar-refractivity contribution in [3.8, 4) is 73.5 Å². The molecule has 0 fully saturated rings. The van der Waals surface area contributed by atoms with Crippen molar-refractivity contribution in [1.29, 1.82) is 5.26 Å². The summed E-state index contributed by atoms with van der Waals surface area (Å²) in [6.07, 6.45) is 3.69. The summed E-state index contributed by atoms with van der Waals surface area (Å²) in [6, 6.07) is 55.5. The van der Waals surface area contributed by atoms with Crippen LogP contribution in [0.1, 0.15) is 5.56 Å². The molecule has 0 amide bonds. The zero-order valence-corrected chi connectivity index (χ0v) is 28.3. The SMILES string of the molecule is N#Cc1ccc2c3c(cccc13)Oc1cc(-c3ccc4ccc5c(-c6cc(-c7ccccn7)cc(-c7ccccn7)c6)ccc6ccc3c4c65)ccc1-2. The van der Waals surface area contributed by atoms with Crippen molar-refractivity contribution in [1.82, 2.24) is 9.97 Å².